The van der Waals surface area contributed by atoms with Crippen molar-refractivity contribution < 1.29 is 0 Å². The van der Waals surface area contributed by atoms with E-state index in [0.29, 0.717) is 0 Å². The summed E-state index contributed by atoms with van der Waals surface area (Å²) in [6, 6.07) is 71.0. The Morgan fingerprint density at radius 1 is 0.309 bits per heavy atom. The minimum atomic E-state index is 1.16. The first-order chi connectivity index (χ1) is 27.3. The molecule has 3 aromatic heterocycles. The second-order valence-electron chi connectivity index (χ2n) is 14.6. The molecule has 12 rings (SSSR count). The van der Waals surface area contributed by atoms with Gasteiger partial charge in [-0.2, -0.15) is 0 Å². The molecule has 0 bridgehead atoms. The zero-order chi connectivity index (χ0) is 36.0. The van der Waals surface area contributed by atoms with Gasteiger partial charge in [-0.05, 0) is 88.3 Å². The van der Waals surface area contributed by atoms with Crippen molar-refractivity contribution in [2.75, 3.05) is 0 Å². The molecule has 55 heavy (non-hydrogen) atoms. The van der Waals surface area contributed by atoms with Gasteiger partial charge in [0.15, 0.2) is 0 Å². The molecular formula is C52H33N3. The first kappa shape index (κ1) is 30.1. The highest BCUT2D eigenvalue weighted by molar-refractivity contribution is 6.18. The Hall–Kier alpha value is -7.36. The van der Waals surface area contributed by atoms with E-state index in [9.17, 15) is 0 Å². The number of hydrogen-bond acceptors (Lipinski definition) is 0. The lowest BCUT2D eigenvalue weighted by molar-refractivity contribution is 1.18. The average molecular weight is 700 g/mol. The van der Waals surface area contributed by atoms with Gasteiger partial charge in [-0.1, -0.05) is 133 Å². The fraction of sp³-hybridized carbons (Fsp3) is 0. The first-order valence-corrected chi connectivity index (χ1v) is 18.9. The van der Waals surface area contributed by atoms with Crippen molar-refractivity contribution in [1.29, 1.82) is 0 Å². The van der Waals surface area contributed by atoms with Crippen LogP contribution in [0.25, 0.3) is 110 Å². The van der Waals surface area contributed by atoms with Crippen molar-refractivity contribution in [1.82, 2.24) is 14.1 Å². The van der Waals surface area contributed by atoms with E-state index >= 15 is 0 Å². The number of rotatable bonds is 4. The summed E-state index contributed by atoms with van der Waals surface area (Å²) in [7, 11) is 0. The maximum absolute atomic E-state index is 3.65. The van der Waals surface area contributed by atoms with E-state index in [0.717, 1.165) is 11.0 Å². The van der Waals surface area contributed by atoms with Crippen molar-refractivity contribution in [3.05, 3.63) is 194 Å². The van der Waals surface area contributed by atoms with Crippen molar-refractivity contribution >= 4 is 76.2 Å². The summed E-state index contributed by atoms with van der Waals surface area (Å²) < 4.78 is 4.86. The van der Waals surface area contributed by atoms with Gasteiger partial charge in [-0.3, -0.25) is 0 Å². The topological polar surface area (TPSA) is 25.6 Å². The number of nitrogens with one attached hydrogen (secondary N) is 1. The third-order valence-electron chi connectivity index (χ3n) is 11.7. The number of benzene rings is 9. The van der Waals surface area contributed by atoms with Crippen molar-refractivity contribution in [2.24, 2.45) is 0 Å². The fourth-order valence-corrected chi connectivity index (χ4v) is 9.26. The minimum absolute atomic E-state index is 1.16. The monoisotopic (exact) mass is 699 g/mol. The molecule has 3 nitrogen and oxygen atoms in total. The number of fused-ring (bicyclic) bond motifs is 10. The van der Waals surface area contributed by atoms with Gasteiger partial charge in [0.25, 0.3) is 0 Å². The van der Waals surface area contributed by atoms with E-state index in [-0.39, 0.29) is 0 Å². The lowest BCUT2D eigenvalue weighted by Crippen LogP contribution is -1.97. The summed E-state index contributed by atoms with van der Waals surface area (Å²) in [5, 5.41) is 9.98. The van der Waals surface area contributed by atoms with Crippen LogP contribution in [-0.4, -0.2) is 14.1 Å². The molecule has 0 fully saturated rings. The van der Waals surface area contributed by atoms with Crippen molar-refractivity contribution in [2.45, 2.75) is 0 Å². The van der Waals surface area contributed by atoms with Gasteiger partial charge in [-0.15, -0.1) is 0 Å². The molecule has 0 unspecified atom stereocenters. The Kier molecular flexibility index (Phi) is 6.34. The molecule has 0 saturated heterocycles. The molecule has 0 atom stereocenters. The van der Waals surface area contributed by atoms with Crippen molar-refractivity contribution in [3.8, 4) is 33.6 Å². The van der Waals surface area contributed by atoms with E-state index in [1.807, 2.05) is 0 Å². The first-order valence-electron chi connectivity index (χ1n) is 18.9. The number of para-hydroxylation sites is 4. The van der Waals surface area contributed by atoms with Gasteiger partial charge in [0, 0.05) is 54.4 Å². The predicted octanol–water partition coefficient (Wildman–Crippen LogP) is 14.0. The third kappa shape index (κ3) is 4.38. The highest BCUT2D eigenvalue weighted by atomic mass is 15.0. The van der Waals surface area contributed by atoms with Gasteiger partial charge in [0.2, 0.25) is 0 Å². The zero-order valence-electron chi connectivity index (χ0n) is 29.9. The van der Waals surface area contributed by atoms with Crippen LogP contribution in [-0.2, 0) is 0 Å². The van der Waals surface area contributed by atoms with E-state index in [4.69, 9.17) is 0 Å². The molecule has 3 heteroatoms. The maximum Gasteiger partial charge on any atom is 0.0547 e. The van der Waals surface area contributed by atoms with Gasteiger partial charge in [-0.25, -0.2) is 0 Å². The number of nitrogens with zero attached hydrogens (tertiary/aromatic N) is 2. The molecule has 3 heterocycles. The Bertz CT molecular complexity index is 3490. The van der Waals surface area contributed by atoms with Crippen LogP contribution in [0.1, 0.15) is 0 Å². The van der Waals surface area contributed by atoms with E-state index in [2.05, 4.69) is 208 Å². The second kappa shape index (κ2) is 11.6. The van der Waals surface area contributed by atoms with Gasteiger partial charge in [0.05, 0.1) is 27.8 Å². The number of H-pyrrole nitrogens is 1. The summed E-state index contributed by atoms with van der Waals surface area (Å²) in [4.78, 5) is 3.65. The minimum Gasteiger partial charge on any atom is -0.354 e. The summed E-state index contributed by atoms with van der Waals surface area (Å²) >= 11 is 0. The SMILES string of the molecule is c1ccc(-n2c3ccccc3c3cc(-c4ccc5c6ccccc6n(-c6ccc(-c7cccc8[nH]c9ccccc9c78)c7ccccc67)c5c4)ccc32)cc1. The summed E-state index contributed by atoms with van der Waals surface area (Å²) in [5.74, 6) is 0. The second-order valence-corrected chi connectivity index (χ2v) is 14.6. The van der Waals surface area contributed by atoms with Gasteiger partial charge < -0.3 is 14.1 Å². The highest BCUT2D eigenvalue weighted by Crippen LogP contribution is 2.42. The average Bonchev–Trinajstić information content (AvgIpc) is 3.91. The molecule has 0 aliphatic carbocycles. The lowest BCUT2D eigenvalue weighted by atomic mass is 9.93. The van der Waals surface area contributed by atoms with Gasteiger partial charge in [0.1, 0.15) is 0 Å². The largest absolute Gasteiger partial charge is 0.354 e. The number of aromatic nitrogens is 3. The smallest absolute Gasteiger partial charge is 0.0547 e. The van der Waals surface area contributed by atoms with Crippen LogP contribution in [0.3, 0.4) is 0 Å². The molecule has 0 amide bonds. The molecule has 0 aliphatic heterocycles. The molecule has 0 aliphatic rings. The molecule has 0 saturated carbocycles. The third-order valence-corrected chi connectivity index (χ3v) is 11.7. The van der Waals surface area contributed by atoms with Crippen LogP contribution >= 0.6 is 0 Å². The number of hydrogen-bond donors (Lipinski definition) is 1. The number of aromatic amines is 1. The zero-order valence-corrected chi connectivity index (χ0v) is 29.9. The summed E-state index contributed by atoms with van der Waals surface area (Å²) in [5.41, 5.74) is 14.4. The molecule has 9 aromatic carbocycles. The van der Waals surface area contributed by atoms with Crippen LogP contribution in [0.15, 0.2) is 194 Å². The van der Waals surface area contributed by atoms with Crippen LogP contribution in [0.2, 0.25) is 0 Å². The molecule has 256 valence electrons. The molecule has 0 radical (unpaired) electrons. The quantitative estimate of drug-likeness (QED) is 0.189. The van der Waals surface area contributed by atoms with Crippen molar-refractivity contribution in [3.63, 3.8) is 0 Å². The van der Waals surface area contributed by atoms with Gasteiger partial charge >= 0.3 is 0 Å². The Morgan fingerprint density at radius 3 is 1.75 bits per heavy atom. The van der Waals surface area contributed by atoms with E-state index < -0.39 is 0 Å². The fourth-order valence-electron chi connectivity index (χ4n) is 9.26. The highest BCUT2D eigenvalue weighted by Gasteiger charge is 2.19. The lowest BCUT2D eigenvalue weighted by Gasteiger charge is -2.16. The van der Waals surface area contributed by atoms with Crippen LogP contribution in [0.4, 0.5) is 0 Å². The molecule has 1 N–H and O–H groups in total. The Labute approximate surface area is 316 Å². The normalized spacial score (nSPS) is 12.0. The molecule has 12 aromatic rings. The Morgan fingerprint density at radius 2 is 0.909 bits per heavy atom. The Balaban J connectivity index is 1.08. The summed E-state index contributed by atoms with van der Waals surface area (Å²) in [6.45, 7) is 0. The molecule has 0 spiro atoms. The standard InChI is InChI=1S/C52H33N3/c1-2-13-35(14-3-1)54-47-23-10-8-18-40(47)44-31-33(26-29-50(44)54)34-25-27-41-39-17-7-11-24-48(39)55(51(41)32-34)49-30-28-37(36-15-4-5-16-38(36)49)42-20-12-22-46-52(42)43-19-6-9-21-45(43)53-46/h1-32,53H. The summed E-state index contributed by atoms with van der Waals surface area (Å²) in [6.07, 6.45) is 0. The predicted molar refractivity (Wildman–Crippen MR) is 233 cm³/mol. The maximum atomic E-state index is 3.65. The molecular weight excluding hydrogens is 667 g/mol. The van der Waals surface area contributed by atoms with Crippen LogP contribution < -0.4 is 0 Å². The van der Waals surface area contributed by atoms with Crippen LogP contribution in [0, 0.1) is 0 Å². The van der Waals surface area contributed by atoms with E-state index in [1.54, 1.807) is 0 Å². The van der Waals surface area contributed by atoms with E-state index in [1.165, 1.54) is 98.8 Å². The van der Waals surface area contributed by atoms with Crippen LogP contribution in [0.5, 0.6) is 0 Å².